The van der Waals surface area contributed by atoms with Crippen LogP contribution in [0.5, 0.6) is 5.75 Å². The number of isocyanates is 1. The van der Waals surface area contributed by atoms with Crippen LogP contribution in [0.3, 0.4) is 0 Å². The molecule has 78 valence electrons. The summed E-state index contributed by atoms with van der Waals surface area (Å²) < 4.78 is 13.9. The van der Waals surface area contributed by atoms with Crippen molar-refractivity contribution in [2.45, 2.75) is 18.4 Å². The standard InChI is InChI=1S/C10H7BrFNO2/c11-6-1-2-7(12)8(9(6)15)10(3-4-10)13-5-14/h1-2,15H,3-4H2. The first-order valence-corrected chi connectivity index (χ1v) is 5.16. The average molecular weight is 272 g/mol. The molecule has 1 aromatic rings. The van der Waals surface area contributed by atoms with Gasteiger partial charge in [0.2, 0.25) is 6.08 Å². The maximum atomic E-state index is 13.5. The van der Waals surface area contributed by atoms with Crippen molar-refractivity contribution in [1.82, 2.24) is 0 Å². The first kappa shape index (κ1) is 10.3. The highest BCUT2D eigenvalue weighted by Gasteiger charge is 2.48. The van der Waals surface area contributed by atoms with Gasteiger partial charge in [-0.05, 0) is 40.9 Å². The SMILES string of the molecule is O=C=NC1(c2c(F)ccc(Br)c2O)CC1. The van der Waals surface area contributed by atoms with Gasteiger partial charge in [0.1, 0.15) is 17.1 Å². The van der Waals surface area contributed by atoms with Crippen molar-refractivity contribution in [2.24, 2.45) is 4.99 Å². The fraction of sp³-hybridized carbons (Fsp3) is 0.300. The fourth-order valence-corrected chi connectivity index (χ4v) is 1.94. The molecular weight excluding hydrogens is 265 g/mol. The van der Waals surface area contributed by atoms with Gasteiger partial charge in [-0.25, -0.2) is 9.18 Å². The minimum atomic E-state index is -0.889. The monoisotopic (exact) mass is 271 g/mol. The Morgan fingerprint density at radius 3 is 2.73 bits per heavy atom. The number of aromatic hydroxyl groups is 1. The first-order chi connectivity index (χ1) is 7.10. The van der Waals surface area contributed by atoms with Gasteiger partial charge in [-0.1, -0.05) is 0 Å². The Labute approximate surface area is 93.8 Å². The molecule has 0 saturated heterocycles. The Balaban J connectivity index is 2.62. The minimum absolute atomic E-state index is 0.0835. The van der Waals surface area contributed by atoms with Crippen molar-refractivity contribution in [3.63, 3.8) is 0 Å². The fourth-order valence-electron chi connectivity index (χ4n) is 1.61. The van der Waals surface area contributed by atoms with Crippen LogP contribution in [0.25, 0.3) is 0 Å². The van der Waals surface area contributed by atoms with Crippen LogP contribution in [0.15, 0.2) is 21.6 Å². The summed E-state index contributed by atoms with van der Waals surface area (Å²) in [4.78, 5) is 13.8. The lowest BCUT2D eigenvalue weighted by Gasteiger charge is -2.12. The molecule has 1 aliphatic rings. The molecule has 3 nitrogen and oxygen atoms in total. The predicted molar refractivity (Wildman–Crippen MR) is 54.8 cm³/mol. The normalized spacial score (nSPS) is 16.9. The Bertz CT molecular complexity index is 465. The summed E-state index contributed by atoms with van der Waals surface area (Å²) in [6.07, 6.45) is 2.54. The van der Waals surface area contributed by atoms with Gasteiger partial charge in [-0.2, -0.15) is 4.99 Å². The van der Waals surface area contributed by atoms with Gasteiger partial charge < -0.3 is 5.11 Å². The molecule has 1 aliphatic carbocycles. The summed E-state index contributed by atoms with van der Waals surface area (Å²) in [5, 5.41) is 9.70. The number of phenols is 1. The first-order valence-electron chi connectivity index (χ1n) is 4.37. The molecule has 15 heavy (non-hydrogen) atoms. The molecule has 0 radical (unpaired) electrons. The van der Waals surface area contributed by atoms with Crippen LogP contribution < -0.4 is 0 Å². The molecule has 1 saturated carbocycles. The van der Waals surface area contributed by atoms with Gasteiger partial charge in [0.25, 0.3) is 0 Å². The molecule has 0 atom stereocenters. The molecule has 0 unspecified atom stereocenters. The molecule has 0 heterocycles. The van der Waals surface area contributed by atoms with Gasteiger partial charge in [0, 0.05) is 0 Å². The van der Waals surface area contributed by atoms with E-state index >= 15 is 0 Å². The molecular formula is C10H7BrFNO2. The molecule has 5 heteroatoms. The Morgan fingerprint density at radius 1 is 1.53 bits per heavy atom. The molecule has 1 aromatic carbocycles. The quantitative estimate of drug-likeness (QED) is 0.664. The maximum absolute atomic E-state index is 13.5. The third kappa shape index (κ3) is 1.58. The van der Waals surface area contributed by atoms with Crippen molar-refractivity contribution < 1.29 is 14.3 Å². The van der Waals surface area contributed by atoms with Gasteiger partial charge in [0.15, 0.2) is 0 Å². The number of phenolic OH excluding ortho intramolecular Hbond substituents is 1. The van der Waals surface area contributed by atoms with Crippen molar-refractivity contribution >= 4 is 22.0 Å². The number of benzene rings is 1. The summed E-state index contributed by atoms with van der Waals surface area (Å²) in [5.41, 5.74) is -0.806. The highest BCUT2D eigenvalue weighted by atomic mass is 79.9. The van der Waals surface area contributed by atoms with Gasteiger partial charge in [-0.15, -0.1) is 0 Å². The van der Waals surface area contributed by atoms with E-state index in [0.29, 0.717) is 17.3 Å². The molecule has 0 bridgehead atoms. The molecule has 1 fully saturated rings. The van der Waals surface area contributed by atoms with Crippen LogP contribution in [0.2, 0.25) is 0 Å². The minimum Gasteiger partial charge on any atom is -0.506 e. The second-order valence-corrected chi connectivity index (χ2v) is 4.34. The van der Waals surface area contributed by atoms with Crippen LogP contribution in [0.1, 0.15) is 18.4 Å². The zero-order chi connectivity index (χ0) is 11.1. The Kier molecular flexibility index (Phi) is 2.37. The number of rotatable bonds is 2. The Hall–Kier alpha value is -1.19. The van der Waals surface area contributed by atoms with E-state index in [1.54, 1.807) is 0 Å². The number of hydrogen-bond acceptors (Lipinski definition) is 3. The second kappa shape index (κ2) is 3.43. The number of hydrogen-bond donors (Lipinski definition) is 1. The van der Waals surface area contributed by atoms with E-state index in [9.17, 15) is 14.3 Å². The molecule has 0 aliphatic heterocycles. The number of aliphatic imine (C=N–C) groups is 1. The smallest absolute Gasteiger partial charge is 0.235 e. The summed E-state index contributed by atoms with van der Waals surface area (Å²) in [6, 6.07) is 2.65. The highest BCUT2D eigenvalue weighted by Crippen LogP contribution is 2.54. The van der Waals surface area contributed by atoms with E-state index in [2.05, 4.69) is 20.9 Å². The van der Waals surface area contributed by atoms with E-state index in [-0.39, 0.29) is 11.3 Å². The third-order valence-corrected chi connectivity index (χ3v) is 3.17. The lowest BCUT2D eigenvalue weighted by atomic mass is 10.0. The van der Waals surface area contributed by atoms with Crippen molar-refractivity contribution in [3.05, 3.63) is 28.0 Å². The summed E-state index contributed by atoms with van der Waals surface area (Å²) in [5.74, 6) is -0.737. The van der Waals surface area contributed by atoms with Gasteiger partial charge >= 0.3 is 0 Å². The molecule has 1 N–H and O–H groups in total. The zero-order valence-corrected chi connectivity index (χ0v) is 9.21. The van der Waals surface area contributed by atoms with Crippen molar-refractivity contribution in [2.75, 3.05) is 0 Å². The van der Waals surface area contributed by atoms with Crippen LogP contribution in [-0.4, -0.2) is 11.2 Å². The molecule has 2 rings (SSSR count). The number of carbonyl (C=O) groups excluding carboxylic acids is 1. The molecule has 0 amide bonds. The lowest BCUT2D eigenvalue weighted by Crippen LogP contribution is -2.06. The van der Waals surface area contributed by atoms with E-state index in [1.165, 1.54) is 18.2 Å². The number of nitrogens with zero attached hydrogens (tertiary/aromatic N) is 1. The van der Waals surface area contributed by atoms with Crippen molar-refractivity contribution in [1.29, 1.82) is 0 Å². The Morgan fingerprint density at radius 2 is 2.20 bits per heavy atom. The van der Waals surface area contributed by atoms with E-state index < -0.39 is 11.4 Å². The average Bonchev–Trinajstić information content (AvgIpc) is 2.94. The van der Waals surface area contributed by atoms with Gasteiger partial charge in [-0.3, -0.25) is 0 Å². The van der Waals surface area contributed by atoms with Gasteiger partial charge in [0.05, 0.1) is 10.0 Å². The predicted octanol–water partition coefficient (Wildman–Crippen LogP) is 2.62. The van der Waals surface area contributed by atoms with E-state index in [1.807, 2.05) is 0 Å². The topological polar surface area (TPSA) is 49.7 Å². The van der Waals surface area contributed by atoms with Crippen LogP contribution in [0, 0.1) is 5.82 Å². The molecule has 0 spiro atoms. The van der Waals surface area contributed by atoms with E-state index in [0.717, 1.165) is 0 Å². The third-order valence-electron chi connectivity index (χ3n) is 2.53. The lowest BCUT2D eigenvalue weighted by molar-refractivity contribution is 0.443. The maximum Gasteiger partial charge on any atom is 0.235 e. The van der Waals surface area contributed by atoms with Crippen molar-refractivity contribution in [3.8, 4) is 5.75 Å². The highest BCUT2D eigenvalue weighted by molar-refractivity contribution is 9.10. The van der Waals surface area contributed by atoms with E-state index in [4.69, 9.17) is 0 Å². The van der Waals surface area contributed by atoms with Crippen LogP contribution in [-0.2, 0) is 10.3 Å². The largest absolute Gasteiger partial charge is 0.506 e. The van der Waals surface area contributed by atoms with Crippen LogP contribution in [0.4, 0.5) is 4.39 Å². The van der Waals surface area contributed by atoms with Crippen LogP contribution >= 0.6 is 15.9 Å². The zero-order valence-electron chi connectivity index (χ0n) is 7.63. The summed E-state index contributed by atoms with van der Waals surface area (Å²) in [6.45, 7) is 0. The second-order valence-electron chi connectivity index (χ2n) is 3.49. The summed E-state index contributed by atoms with van der Waals surface area (Å²) >= 11 is 3.09. The molecule has 0 aromatic heterocycles. The summed E-state index contributed by atoms with van der Waals surface area (Å²) in [7, 11) is 0. The number of halogens is 2.